The molecule has 2 aromatic heterocycles. The van der Waals surface area contributed by atoms with Gasteiger partial charge >= 0.3 is 0 Å². The summed E-state index contributed by atoms with van der Waals surface area (Å²) in [5, 5.41) is 14.3. The topological polar surface area (TPSA) is 93.0 Å². The highest BCUT2D eigenvalue weighted by atomic mass is 35.5. The molecule has 0 aliphatic carbocycles. The Labute approximate surface area is 136 Å². The lowest BCUT2D eigenvalue weighted by molar-refractivity contribution is 0.122. The van der Waals surface area contributed by atoms with Crippen LogP contribution in [-0.2, 0) is 4.74 Å². The zero-order chi connectivity index (χ0) is 15.6. The first-order chi connectivity index (χ1) is 11.3. The molecular formula is C14H13ClN6O2. The number of hydrogen-bond donors (Lipinski definition) is 1. The maximum atomic E-state index is 5.93. The number of halogens is 1. The van der Waals surface area contributed by atoms with Gasteiger partial charge in [-0.3, -0.25) is 0 Å². The van der Waals surface area contributed by atoms with Crippen molar-refractivity contribution in [3.05, 3.63) is 29.4 Å². The number of rotatable bonds is 3. The van der Waals surface area contributed by atoms with Crippen molar-refractivity contribution in [1.82, 2.24) is 25.6 Å². The number of benzene rings is 1. The Balaban J connectivity index is 1.71. The molecule has 0 amide bonds. The number of para-hydroxylation sites is 1. The number of H-pyrrole nitrogens is 1. The third-order valence-corrected chi connectivity index (χ3v) is 3.89. The molecule has 0 bridgehead atoms. The van der Waals surface area contributed by atoms with Crippen molar-refractivity contribution >= 4 is 17.3 Å². The molecule has 118 valence electrons. The van der Waals surface area contributed by atoms with Crippen LogP contribution in [0.15, 0.2) is 28.8 Å². The van der Waals surface area contributed by atoms with Crippen molar-refractivity contribution in [1.29, 1.82) is 0 Å². The Kier molecular flexibility index (Phi) is 3.68. The van der Waals surface area contributed by atoms with Crippen molar-refractivity contribution in [3.8, 4) is 23.0 Å². The van der Waals surface area contributed by atoms with Gasteiger partial charge in [-0.15, -0.1) is 5.10 Å². The van der Waals surface area contributed by atoms with Crippen LogP contribution in [0.4, 0.5) is 5.69 Å². The van der Waals surface area contributed by atoms with E-state index >= 15 is 0 Å². The average Bonchev–Trinajstić information content (AvgIpc) is 3.24. The summed E-state index contributed by atoms with van der Waals surface area (Å²) < 4.78 is 10.8. The molecule has 1 fully saturated rings. The first kappa shape index (κ1) is 14.2. The van der Waals surface area contributed by atoms with E-state index in [0.717, 1.165) is 24.3 Å². The molecule has 1 N–H and O–H groups in total. The predicted molar refractivity (Wildman–Crippen MR) is 83.2 cm³/mol. The standard InChI is InChI=1S/C14H13ClN6O2/c15-12-11(17-20-18-12)13-16-14(23-19-13)9-3-1-2-4-10(9)21-5-7-22-8-6-21/h1-4H,5-8H2,(H,17,18,20). The van der Waals surface area contributed by atoms with Crippen molar-refractivity contribution in [3.63, 3.8) is 0 Å². The first-order valence-electron chi connectivity index (χ1n) is 7.15. The maximum absolute atomic E-state index is 5.93. The highest BCUT2D eigenvalue weighted by Crippen LogP contribution is 2.31. The fourth-order valence-corrected chi connectivity index (χ4v) is 2.69. The highest BCUT2D eigenvalue weighted by molar-refractivity contribution is 6.31. The van der Waals surface area contributed by atoms with Crippen molar-refractivity contribution in [2.45, 2.75) is 0 Å². The van der Waals surface area contributed by atoms with Gasteiger partial charge in [-0.25, -0.2) is 0 Å². The van der Waals surface area contributed by atoms with Gasteiger partial charge in [0.1, 0.15) is 0 Å². The number of ether oxygens (including phenoxy) is 1. The number of anilines is 1. The van der Waals surface area contributed by atoms with Gasteiger partial charge in [0.2, 0.25) is 5.82 Å². The minimum absolute atomic E-state index is 0.207. The summed E-state index contributed by atoms with van der Waals surface area (Å²) in [5.41, 5.74) is 2.27. The van der Waals surface area contributed by atoms with E-state index < -0.39 is 0 Å². The molecule has 8 nitrogen and oxygen atoms in total. The molecule has 23 heavy (non-hydrogen) atoms. The molecular weight excluding hydrogens is 320 g/mol. The SMILES string of the molecule is Clc1n[nH]nc1-c1noc(-c2ccccc2N2CCOCC2)n1. The third-order valence-electron chi connectivity index (χ3n) is 3.63. The normalized spacial score (nSPS) is 15.1. The third kappa shape index (κ3) is 2.66. The lowest BCUT2D eigenvalue weighted by Gasteiger charge is -2.29. The predicted octanol–water partition coefficient (Wildman–Crippen LogP) is 2.01. The number of aromatic nitrogens is 5. The van der Waals surface area contributed by atoms with E-state index in [9.17, 15) is 0 Å². The number of aromatic amines is 1. The van der Waals surface area contributed by atoms with E-state index in [2.05, 4.69) is 30.5 Å². The summed E-state index contributed by atoms with van der Waals surface area (Å²) in [5.74, 6) is 0.719. The zero-order valence-corrected chi connectivity index (χ0v) is 12.8. The van der Waals surface area contributed by atoms with Crippen LogP contribution in [0.2, 0.25) is 5.15 Å². The minimum atomic E-state index is 0.207. The van der Waals surface area contributed by atoms with Crippen LogP contribution in [0.25, 0.3) is 23.0 Å². The Hall–Kier alpha value is -2.45. The van der Waals surface area contributed by atoms with Gasteiger partial charge in [-0.2, -0.15) is 15.3 Å². The van der Waals surface area contributed by atoms with E-state index in [1.54, 1.807) is 0 Å². The van der Waals surface area contributed by atoms with Gasteiger partial charge in [0.25, 0.3) is 5.89 Å². The molecule has 0 spiro atoms. The lowest BCUT2D eigenvalue weighted by atomic mass is 10.1. The van der Waals surface area contributed by atoms with Crippen LogP contribution in [0, 0.1) is 0 Å². The molecule has 1 aliphatic rings. The molecule has 0 atom stereocenters. The molecule has 4 rings (SSSR count). The minimum Gasteiger partial charge on any atom is -0.378 e. The van der Waals surface area contributed by atoms with E-state index in [4.69, 9.17) is 20.9 Å². The first-order valence-corrected chi connectivity index (χ1v) is 7.53. The second kappa shape index (κ2) is 5.98. The molecule has 1 aliphatic heterocycles. The van der Waals surface area contributed by atoms with Crippen LogP contribution in [0.1, 0.15) is 0 Å². The fraction of sp³-hybridized carbons (Fsp3) is 0.286. The molecule has 9 heteroatoms. The second-order valence-electron chi connectivity index (χ2n) is 5.00. The second-order valence-corrected chi connectivity index (χ2v) is 5.36. The monoisotopic (exact) mass is 332 g/mol. The van der Waals surface area contributed by atoms with Gasteiger partial charge in [0, 0.05) is 18.8 Å². The highest BCUT2D eigenvalue weighted by Gasteiger charge is 2.21. The molecule has 0 radical (unpaired) electrons. The molecule has 1 aromatic carbocycles. The molecule has 0 unspecified atom stereocenters. The van der Waals surface area contributed by atoms with Crippen LogP contribution >= 0.6 is 11.6 Å². The molecule has 1 saturated heterocycles. The Bertz CT molecular complexity index is 811. The Morgan fingerprint density at radius 1 is 1.13 bits per heavy atom. The summed E-state index contributed by atoms with van der Waals surface area (Å²) in [6.45, 7) is 3.07. The van der Waals surface area contributed by atoms with Crippen molar-refractivity contribution in [2.75, 3.05) is 31.2 Å². The van der Waals surface area contributed by atoms with Crippen LogP contribution in [-0.4, -0.2) is 51.9 Å². The van der Waals surface area contributed by atoms with E-state index in [1.807, 2.05) is 24.3 Å². The van der Waals surface area contributed by atoms with Crippen molar-refractivity contribution in [2.24, 2.45) is 0 Å². The van der Waals surface area contributed by atoms with Crippen molar-refractivity contribution < 1.29 is 9.26 Å². The van der Waals surface area contributed by atoms with E-state index in [0.29, 0.717) is 30.6 Å². The van der Waals surface area contributed by atoms with E-state index in [1.165, 1.54) is 0 Å². The number of hydrogen-bond acceptors (Lipinski definition) is 7. The van der Waals surface area contributed by atoms with Gasteiger partial charge in [0.15, 0.2) is 10.8 Å². The summed E-state index contributed by atoms with van der Waals surface area (Å²) in [6, 6.07) is 7.91. The zero-order valence-electron chi connectivity index (χ0n) is 12.1. The molecule has 0 saturated carbocycles. The number of nitrogens with one attached hydrogen (secondary N) is 1. The summed E-state index contributed by atoms with van der Waals surface area (Å²) in [4.78, 5) is 6.64. The van der Waals surface area contributed by atoms with Gasteiger partial charge < -0.3 is 14.2 Å². The fourth-order valence-electron chi connectivity index (χ4n) is 2.52. The average molecular weight is 333 g/mol. The maximum Gasteiger partial charge on any atom is 0.260 e. The quantitative estimate of drug-likeness (QED) is 0.784. The van der Waals surface area contributed by atoms with Crippen LogP contribution in [0.3, 0.4) is 0 Å². The van der Waals surface area contributed by atoms with Crippen LogP contribution < -0.4 is 4.90 Å². The lowest BCUT2D eigenvalue weighted by Crippen LogP contribution is -2.36. The summed E-state index contributed by atoms with van der Waals surface area (Å²) >= 11 is 5.93. The summed E-state index contributed by atoms with van der Waals surface area (Å²) in [6.07, 6.45) is 0. The van der Waals surface area contributed by atoms with E-state index in [-0.39, 0.29) is 5.15 Å². The molecule has 3 aromatic rings. The van der Waals surface area contributed by atoms with Gasteiger partial charge in [0.05, 0.1) is 18.8 Å². The largest absolute Gasteiger partial charge is 0.378 e. The Morgan fingerprint density at radius 2 is 1.96 bits per heavy atom. The van der Waals surface area contributed by atoms with Crippen LogP contribution in [0.5, 0.6) is 0 Å². The molecule has 3 heterocycles. The Morgan fingerprint density at radius 3 is 2.74 bits per heavy atom. The number of morpholine rings is 1. The van der Waals surface area contributed by atoms with Gasteiger partial charge in [-0.1, -0.05) is 28.9 Å². The summed E-state index contributed by atoms with van der Waals surface area (Å²) in [7, 11) is 0. The number of nitrogens with zero attached hydrogens (tertiary/aromatic N) is 5. The van der Waals surface area contributed by atoms with Gasteiger partial charge in [-0.05, 0) is 12.1 Å². The smallest absolute Gasteiger partial charge is 0.260 e.